The predicted molar refractivity (Wildman–Crippen MR) is 105 cm³/mol. The molecule has 0 heterocycles. The van der Waals surface area contributed by atoms with Crippen LogP contribution in [0.5, 0.6) is 0 Å². The van der Waals surface area contributed by atoms with E-state index in [0.717, 1.165) is 16.2 Å². The Balaban J connectivity index is 1.78. The summed E-state index contributed by atoms with van der Waals surface area (Å²) in [6.45, 7) is 0. The van der Waals surface area contributed by atoms with Crippen LogP contribution in [0.25, 0.3) is 0 Å². The number of hydrogen-bond donors (Lipinski definition) is 0. The molecule has 0 aromatic heterocycles. The Labute approximate surface area is 148 Å². The largest absolute Gasteiger partial charge is 0.314 e. The van der Waals surface area contributed by atoms with Crippen LogP contribution in [-0.4, -0.2) is 11.9 Å². The van der Waals surface area contributed by atoms with Crippen LogP contribution in [0, 0.1) is 0 Å². The summed E-state index contributed by atoms with van der Waals surface area (Å²) in [6, 6.07) is 28.5. The molecule has 3 aromatic rings. The summed E-state index contributed by atoms with van der Waals surface area (Å²) in [5.74, 6) is 0.105. The number of rotatable bonds is 7. The van der Waals surface area contributed by atoms with Crippen molar-refractivity contribution in [2.75, 3.05) is 6.16 Å². The van der Waals surface area contributed by atoms with Crippen molar-refractivity contribution in [3.8, 4) is 0 Å². The third-order valence-corrected chi connectivity index (χ3v) is 7.53. The molecule has 0 saturated carbocycles. The van der Waals surface area contributed by atoms with Gasteiger partial charge in [0.1, 0.15) is 7.14 Å². The van der Waals surface area contributed by atoms with E-state index in [2.05, 4.69) is 0 Å². The number of carbonyl (C=O) groups is 1. The van der Waals surface area contributed by atoms with Gasteiger partial charge in [0.25, 0.3) is 0 Å². The first-order valence-electron chi connectivity index (χ1n) is 8.49. The Morgan fingerprint density at radius 1 is 0.680 bits per heavy atom. The monoisotopic (exact) mass is 348 g/mol. The molecule has 0 atom stereocenters. The maximum atomic E-state index is 13.8. The molecular weight excluding hydrogens is 327 g/mol. The van der Waals surface area contributed by atoms with E-state index in [0.29, 0.717) is 19.0 Å². The highest BCUT2D eigenvalue weighted by Crippen LogP contribution is 2.44. The lowest BCUT2D eigenvalue weighted by atomic mass is 10.1. The van der Waals surface area contributed by atoms with Gasteiger partial charge in [-0.05, 0) is 6.42 Å². The molecule has 0 aliphatic rings. The van der Waals surface area contributed by atoms with E-state index < -0.39 is 7.14 Å². The van der Waals surface area contributed by atoms with E-state index >= 15 is 0 Å². The number of hydrogen-bond acceptors (Lipinski definition) is 2. The van der Waals surface area contributed by atoms with Crippen LogP contribution in [0.1, 0.15) is 23.2 Å². The van der Waals surface area contributed by atoms with E-state index in [4.69, 9.17) is 0 Å². The molecule has 126 valence electrons. The highest BCUT2D eigenvalue weighted by Gasteiger charge is 2.26. The zero-order valence-electron chi connectivity index (χ0n) is 14.0. The van der Waals surface area contributed by atoms with Crippen molar-refractivity contribution in [1.82, 2.24) is 0 Å². The summed E-state index contributed by atoms with van der Waals surface area (Å²) in [5, 5.41) is 1.71. The average molecular weight is 348 g/mol. The lowest BCUT2D eigenvalue weighted by molar-refractivity contribution is 0.0982. The Hall–Kier alpha value is -2.44. The Morgan fingerprint density at radius 3 is 1.60 bits per heavy atom. The van der Waals surface area contributed by atoms with E-state index in [-0.39, 0.29) is 5.78 Å². The molecule has 0 aliphatic heterocycles. The molecule has 0 bridgehead atoms. The molecule has 3 rings (SSSR count). The van der Waals surface area contributed by atoms with E-state index in [1.165, 1.54) is 0 Å². The van der Waals surface area contributed by atoms with Crippen molar-refractivity contribution < 1.29 is 9.36 Å². The van der Waals surface area contributed by atoms with Crippen LogP contribution in [0.3, 0.4) is 0 Å². The van der Waals surface area contributed by atoms with Crippen molar-refractivity contribution in [3.63, 3.8) is 0 Å². The molecular formula is C22H21O2P. The first-order valence-corrected chi connectivity index (χ1v) is 10.4. The Kier molecular flexibility index (Phi) is 5.63. The minimum Gasteiger partial charge on any atom is -0.314 e. The maximum Gasteiger partial charge on any atom is 0.162 e. The molecule has 0 aliphatic carbocycles. The predicted octanol–water partition coefficient (Wildman–Crippen LogP) is 4.66. The molecule has 3 heteroatoms. The standard InChI is InChI=1S/C22H21O2P/c23-22(19-11-4-1-5-12-19)17-10-18-25(24,20-13-6-2-7-14-20)21-15-8-3-9-16-21/h1-9,11-16H,10,17-18H2. The summed E-state index contributed by atoms with van der Waals surface area (Å²) in [7, 11) is -2.72. The van der Waals surface area contributed by atoms with Crippen LogP contribution >= 0.6 is 7.14 Å². The summed E-state index contributed by atoms with van der Waals surface area (Å²) in [5.41, 5.74) is 0.719. The van der Waals surface area contributed by atoms with Crippen molar-refractivity contribution >= 4 is 23.5 Å². The molecule has 0 fully saturated rings. The van der Waals surface area contributed by atoms with Gasteiger partial charge in [-0.15, -0.1) is 0 Å². The van der Waals surface area contributed by atoms with Gasteiger partial charge in [0, 0.05) is 28.8 Å². The normalized spacial score (nSPS) is 11.2. The van der Waals surface area contributed by atoms with Gasteiger partial charge >= 0.3 is 0 Å². The van der Waals surface area contributed by atoms with Crippen molar-refractivity contribution in [2.45, 2.75) is 12.8 Å². The van der Waals surface area contributed by atoms with E-state index in [1.54, 1.807) is 0 Å². The summed E-state index contributed by atoms with van der Waals surface area (Å²) >= 11 is 0. The third-order valence-electron chi connectivity index (χ3n) is 4.32. The Morgan fingerprint density at radius 2 is 1.12 bits per heavy atom. The van der Waals surface area contributed by atoms with Crippen LogP contribution in [-0.2, 0) is 4.57 Å². The average Bonchev–Trinajstić information content (AvgIpc) is 2.70. The topological polar surface area (TPSA) is 34.1 Å². The number of Topliss-reactive ketones (excluding diaryl/α,β-unsaturated/α-hetero) is 1. The number of carbonyl (C=O) groups excluding carboxylic acids is 1. The van der Waals surface area contributed by atoms with Gasteiger partial charge in [0.15, 0.2) is 5.78 Å². The smallest absolute Gasteiger partial charge is 0.162 e. The molecule has 3 aromatic carbocycles. The molecule has 0 unspecified atom stereocenters. The van der Waals surface area contributed by atoms with Gasteiger partial charge in [-0.1, -0.05) is 91.0 Å². The lowest BCUT2D eigenvalue weighted by Gasteiger charge is -2.19. The summed E-state index contributed by atoms with van der Waals surface area (Å²) in [6.07, 6.45) is 1.52. The molecule has 25 heavy (non-hydrogen) atoms. The maximum absolute atomic E-state index is 13.8. The minimum atomic E-state index is -2.72. The summed E-state index contributed by atoms with van der Waals surface area (Å²) in [4.78, 5) is 12.3. The fourth-order valence-electron chi connectivity index (χ4n) is 2.98. The van der Waals surface area contributed by atoms with Crippen LogP contribution in [0.4, 0.5) is 0 Å². The zero-order valence-corrected chi connectivity index (χ0v) is 14.9. The molecule has 0 N–H and O–H groups in total. The van der Waals surface area contributed by atoms with Crippen LogP contribution < -0.4 is 10.6 Å². The number of ketones is 1. The second-order valence-electron chi connectivity index (χ2n) is 6.03. The van der Waals surface area contributed by atoms with E-state index in [1.807, 2.05) is 91.0 Å². The minimum absolute atomic E-state index is 0.105. The second-order valence-corrected chi connectivity index (χ2v) is 8.99. The quantitative estimate of drug-likeness (QED) is 0.459. The molecule has 0 spiro atoms. The van der Waals surface area contributed by atoms with Crippen molar-refractivity contribution in [2.24, 2.45) is 0 Å². The highest BCUT2D eigenvalue weighted by molar-refractivity contribution is 7.78. The van der Waals surface area contributed by atoms with Crippen molar-refractivity contribution in [3.05, 3.63) is 96.6 Å². The molecule has 2 nitrogen and oxygen atoms in total. The third kappa shape index (κ3) is 4.15. The fraction of sp³-hybridized carbons (Fsp3) is 0.136. The first-order chi connectivity index (χ1) is 12.2. The molecule has 0 radical (unpaired) electrons. The van der Waals surface area contributed by atoms with E-state index in [9.17, 15) is 9.36 Å². The highest BCUT2D eigenvalue weighted by atomic mass is 31.2. The van der Waals surface area contributed by atoms with Crippen LogP contribution in [0.2, 0.25) is 0 Å². The summed E-state index contributed by atoms with van der Waals surface area (Å²) < 4.78 is 13.8. The zero-order chi connectivity index (χ0) is 17.5. The first kappa shape index (κ1) is 17.4. The van der Waals surface area contributed by atoms with Crippen molar-refractivity contribution in [1.29, 1.82) is 0 Å². The Bertz CT molecular complexity index is 815. The van der Waals surface area contributed by atoms with Gasteiger partial charge < -0.3 is 4.57 Å². The fourth-order valence-corrected chi connectivity index (χ4v) is 5.70. The van der Waals surface area contributed by atoms with Gasteiger partial charge in [0.05, 0.1) is 0 Å². The van der Waals surface area contributed by atoms with Gasteiger partial charge in [-0.2, -0.15) is 0 Å². The van der Waals surface area contributed by atoms with Crippen LogP contribution in [0.15, 0.2) is 91.0 Å². The molecule has 0 saturated heterocycles. The van der Waals surface area contributed by atoms with Gasteiger partial charge in [-0.3, -0.25) is 4.79 Å². The number of benzene rings is 3. The van der Waals surface area contributed by atoms with Gasteiger partial charge in [-0.25, -0.2) is 0 Å². The lowest BCUT2D eigenvalue weighted by Crippen LogP contribution is -2.18. The second kappa shape index (κ2) is 8.09. The van der Waals surface area contributed by atoms with Gasteiger partial charge in [0.2, 0.25) is 0 Å². The molecule has 0 amide bonds. The SMILES string of the molecule is O=C(CCCP(=O)(c1ccccc1)c1ccccc1)c1ccccc1.